The second-order valence-electron chi connectivity index (χ2n) is 11.3. The van der Waals surface area contributed by atoms with E-state index in [1.165, 1.54) is 27.1 Å². The minimum Gasteiger partial charge on any atom is -0.455 e. The van der Waals surface area contributed by atoms with Crippen molar-refractivity contribution in [3.05, 3.63) is 139 Å². The Morgan fingerprint density at radius 2 is 0.955 bits per heavy atom. The largest absolute Gasteiger partial charge is 0.455 e. The van der Waals surface area contributed by atoms with Crippen molar-refractivity contribution in [2.24, 2.45) is 0 Å². The maximum absolute atomic E-state index is 6.53. The van der Waals surface area contributed by atoms with Crippen molar-refractivity contribution in [2.45, 2.75) is 6.92 Å². The minimum atomic E-state index is 0.647. The molecule has 0 saturated carbocycles. The van der Waals surface area contributed by atoms with E-state index < -0.39 is 0 Å². The lowest BCUT2D eigenvalue weighted by Crippen LogP contribution is -2.00. The van der Waals surface area contributed by atoms with Crippen molar-refractivity contribution in [1.82, 2.24) is 15.0 Å². The second-order valence-corrected chi connectivity index (χ2v) is 11.3. The molecule has 0 aliphatic heterocycles. The van der Waals surface area contributed by atoms with Gasteiger partial charge in [0.25, 0.3) is 0 Å². The van der Waals surface area contributed by atoms with Crippen molar-refractivity contribution in [1.29, 1.82) is 0 Å². The fourth-order valence-electron chi connectivity index (χ4n) is 6.46. The van der Waals surface area contributed by atoms with E-state index >= 15 is 0 Å². The third-order valence-electron chi connectivity index (χ3n) is 8.55. The van der Waals surface area contributed by atoms with Crippen molar-refractivity contribution in [2.75, 3.05) is 0 Å². The van der Waals surface area contributed by atoms with Crippen molar-refractivity contribution < 1.29 is 4.42 Å². The number of nitrogens with zero attached hydrogens (tertiary/aromatic N) is 3. The maximum atomic E-state index is 6.53. The lowest BCUT2D eigenvalue weighted by Gasteiger charge is -2.13. The van der Waals surface area contributed by atoms with Gasteiger partial charge in [-0.25, -0.2) is 15.0 Å². The Hall–Kier alpha value is -5.87. The van der Waals surface area contributed by atoms with Crippen LogP contribution in [0.25, 0.3) is 88.4 Å². The van der Waals surface area contributed by atoms with Gasteiger partial charge >= 0.3 is 0 Å². The lowest BCUT2D eigenvalue weighted by molar-refractivity contribution is 0.673. The topological polar surface area (TPSA) is 51.8 Å². The van der Waals surface area contributed by atoms with E-state index in [-0.39, 0.29) is 0 Å². The molecule has 7 aromatic carbocycles. The summed E-state index contributed by atoms with van der Waals surface area (Å²) in [7, 11) is 0. The second kappa shape index (κ2) is 9.58. The van der Waals surface area contributed by atoms with Crippen LogP contribution in [0.2, 0.25) is 0 Å². The van der Waals surface area contributed by atoms with Crippen LogP contribution in [-0.4, -0.2) is 15.0 Å². The van der Waals surface area contributed by atoms with Crippen molar-refractivity contribution >= 4 is 54.3 Å². The summed E-state index contributed by atoms with van der Waals surface area (Å²) >= 11 is 0. The number of furan rings is 1. The molecular formula is C40H25N3O. The van der Waals surface area contributed by atoms with Gasteiger partial charge in [-0.1, -0.05) is 121 Å². The van der Waals surface area contributed by atoms with Crippen LogP contribution < -0.4 is 0 Å². The molecule has 44 heavy (non-hydrogen) atoms. The van der Waals surface area contributed by atoms with Crippen LogP contribution in [0.4, 0.5) is 0 Å². The first-order valence-corrected chi connectivity index (χ1v) is 14.8. The highest BCUT2D eigenvalue weighted by molar-refractivity contribution is 6.32. The van der Waals surface area contributed by atoms with Gasteiger partial charge in [0.05, 0.1) is 0 Å². The summed E-state index contributed by atoms with van der Waals surface area (Å²) in [6.45, 7) is 2.14. The number of benzene rings is 7. The number of aryl methyl sites for hydroxylation is 1. The van der Waals surface area contributed by atoms with Gasteiger partial charge in [-0.3, -0.25) is 0 Å². The van der Waals surface area contributed by atoms with E-state index in [4.69, 9.17) is 19.4 Å². The fraction of sp³-hybridized carbons (Fsp3) is 0.0250. The van der Waals surface area contributed by atoms with Crippen LogP contribution in [0.15, 0.2) is 138 Å². The summed E-state index contributed by atoms with van der Waals surface area (Å²) in [5.41, 5.74) is 5.90. The molecule has 0 N–H and O–H groups in total. The summed E-state index contributed by atoms with van der Waals surface area (Å²) in [6, 6.07) is 46.2. The van der Waals surface area contributed by atoms with Crippen LogP contribution in [0.3, 0.4) is 0 Å². The molecule has 2 aromatic heterocycles. The van der Waals surface area contributed by atoms with E-state index in [0.717, 1.165) is 49.4 Å². The van der Waals surface area contributed by atoms with Crippen molar-refractivity contribution in [3.8, 4) is 34.2 Å². The van der Waals surface area contributed by atoms with Gasteiger partial charge in [-0.15, -0.1) is 0 Å². The number of hydrogen-bond donors (Lipinski definition) is 0. The Morgan fingerprint density at radius 3 is 1.68 bits per heavy atom. The van der Waals surface area contributed by atoms with Gasteiger partial charge < -0.3 is 4.42 Å². The zero-order valence-electron chi connectivity index (χ0n) is 24.0. The van der Waals surface area contributed by atoms with Gasteiger partial charge in [0.2, 0.25) is 0 Å². The quantitative estimate of drug-likeness (QED) is 0.201. The fourth-order valence-corrected chi connectivity index (χ4v) is 6.46. The molecule has 2 heterocycles. The lowest BCUT2D eigenvalue weighted by atomic mass is 9.91. The first-order chi connectivity index (χ1) is 21.7. The SMILES string of the molecule is Cc1ccc2c(c1)c1cc(-c3nc(-c4ccccc4)nc(-c4ccccc4)n3)ccc1c1ccc3c4ccccc4oc3c12. The standard InChI is InChI=1S/C40H25N3O/c1-24-16-18-31-33(22-24)34-23-27(17-19-28(34)30-20-21-32-29-14-8-9-15-35(29)44-37(32)36(30)31)40-42-38(25-10-4-2-5-11-25)41-39(43-40)26-12-6-3-7-13-26/h2-23H,1H3. The van der Waals surface area contributed by atoms with Crippen LogP contribution in [-0.2, 0) is 0 Å². The highest BCUT2D eigenvalue weighted by Crippen LogP contribution is 2.43. The van der Waals surface area contributed by atoms with Gasteiger partial charge in [-0.2, -0.15) is 0 Å². The molecule has 206 valence electrons. The van der Waals surface area contributed by atoms with Crippen LogP contribution >= 0.6 is 0 Å². The molecule has 0 saturated heterocycles. The smallest absolute Gasteiger partial charge is 0.164 e. The summed E-state index contributed by atoms with van der Waals surface area (Å²) in [4.78, 5) is 14.9. The Labute approximate surface area is 253 Å². The van der Waals surface area contributed by atoms with Gasteiger partial charge in [0, 0.05) is 32.8 Å². The molecule has 9 aromatic rings. The molecule has 0 aliphatic rings. The van der Waals surface area contributed by atoms with Crippen molar-refractivity contribution in [3.63, 3.8) is 0 Å². The third kappa shape index (κ3) is 3.81. The average Bonchev–Trinajstić information content (AvgIpc) is 3.47. The van der Waals surface area contributed by atoms with Crippen LogP contribution in [0.1, 0.15) is 5.56 Å². The zero-order valence-corrected chi connectivity index (χ0v) is 24.0. The Bertz CT molecular complexity index is 2490. The summed E-state index contributed by atoms with van der Waals surface area (Å²) < 4.78 is 6.53. The van der Waals surface area contributed by atoms with E-state index in [1.54, 1.807) is 0 Å². The van der Waals surface area contributed by atoms with E-state index in [2.05, 4.69) is 67.6 Å². The van der Waals surface area contributed by atoms with E-state index in [0.29, 0.717) is 17.5 Å². The first-order valence-electron chi connectivity index (χ1n) is 14.8. The molecular weight excluding hydrogens is 538 g/mol. The van der Waals surface area contributed by atoms with Gasteiger partial charge in [-0.05, 0) is 52.1 Å². The number of rotatable bonds is 3. The number of aromatic nitrogens is 3. The molecule has 4 nitrogen and oxygen atoms in total. The summed E-state index contributed by atoms with van der Waals surface area (Å²) in [5, 5.41) is 9.27. The first kappa shape index (κ1) is 24.7. The Balaban J connectivity index is 1.34. The number of hydrogen-bond acceptors (Lipinski definition) is 4. The van der Waals surface area contributed by atoms with E-state index in [1.807, 2.05) is 72.8 Å². The molecule has 9 rings (SSSR count). The van der Waals surface area contributed by atoms with Gasteiger partial charge in [0.1, 0.15) is 11.2 Å². The highest BCUT2D eigenvalue weighted by Gasteiger charge is 2.18. The highest BCUT2D eigenvalue weighted by atomic mass is 16.3. The maximum Gasteiger partial charge on any atom is 0.164 e. The number of para-hydroxylation sites is 1. The Morgan fingerprint density at radius 1 is 0.409 bits per heavy atom. The predicted molar refractivity (Wildman–Crippen MR) is 181 cm³/mol. The third-order valence-corrected chi connectivity index (χ3v) is 8.55. The molecule has 4 heteroatoms. The molecule has 0 atom stereocenters. The molecule has 0 radical (unpaired) electrons. The predicted octanol–water partition coefficient (Wildman–Crippen LogP) is 10.5. The van der Waals surface area contributed by atoms with Crippen LogP contribution in [0.5, 0.6) is 0 Å². The summed E-state index contributed by atoms with van der Waals surface area (Å²) in [5.74, 6) is 1.95. The molecule has 0 aliphatic carbocycles. The molecule has 0 spiro atoms. The normalized spacial score (nSPS) is 11.8. The molecule has 0 amide bonds. The molecule has 0 unspecified atom stereocenters. The van der Waals surface area contributed by atoms with E-state index in [9.17, 15) is 0 Å². The van der Waals surface area contributed by atoms with Gasteiger partial charge in [0.15, 0.2) is 17.5 Å². The minimum absolute atomic E-state index is 0.647. The Kier molecular flexibility index (Phi) is 5.38. The monoisotopic (exact) mass is 563 g/mol. The summed E-state index contributed by atoms with van der Waals surface area (Å²) in [6.07, 6.45) is 0. The molecule has 0 fully saturated rings. The average molecular weight is 564 g/mol. The molecule has 0 bridgehead atoms. The van der Waals surface area contributed by atoms with Crippen LogP contribution in [0, 0.1) is 6.92 Å². The number of fused-ring (bicyclic) bond motifs is 10. The zero-order chi connectivity index (χ0) is 29.2.